The summed E-state index contributed by atoms with van der Waals surface area (Å²) < 4.78 is 54.3. The van der Waals surface area contributed by atoms with Gasteiger partial charge in [0.05, 0.1) is 5.69 Å². The molecule has 0 unspecified atom stereocenters. The van der Waals surface area contributed by atoms with E-state index in [2.05, 4.69) is 4.72 Å². The number of nitrogens with zero attached hydrogens (tertiary/aromatic N) is 1. The van der Waals surface area contributed by atoms with Crippen molar-refractivity contribution in [2.24, 2.45) is 0 Å². The number of halogens is 2. The third-order valence-electron chi connectivity index (χ3n) is 3.09. The van der Waals surface area contributed by atoms with Crippen molar-refractivity contribution in [3.05, 3.63) is 53.1 Å². The highest BCUT2D eigenvalue weighted by molar-refractivity contribution is 8.03. The number of rotatable bonds is 4. The highest BCUT2D eigenvalue weighted by Crippen LogP contribution is 2.30. The summed E-state index contributed by atoms with van der Waals surface area (Å²) in [4.78, 5) is -0.364. The lowest BCUT2D eigenvalue weighted by molar-refractivity contribution is 0.521. The summed E-state index contributed by atoms with van der Waals surface area (Å²) in [5, 5.41) is 10.6. The quantitative estimate of drug-likeness (QED) is 0.666. The molecular weight excluding hydrogens is 342 g/mol. The predicted molar refractivity (Wildman–Crippen MR) is 84.6 cm³/mol. The summed E-state index contributed by atoms with van der Waals surface area (Å²) in [6.07, 6.45) is 0. The van der Waals surface area contributed by atoms with E-state index in [0.717, 1.165) is 30.0 Å². The molecular formula is C15H12F2N2O2S2. The zero-order valence-electron chi connectivity index (χ0n) is 12.2. The molecule has 0 spiro atoms. The zero-order valence-corrected chi connectivity index (χ0v) is 13.9. The van der Waals surface area contributed by atoms with Crippen LogP contribution >= 0.6 is 11.8 Å². The Balaban J connectivity index is 2.49. The Bertz CT molecular complexity index is 863. The van der Waals surface area contributed by atoms with Gasteiger partial charge in [0.2, 0.25) is 0 Å². The molecule has 0 aliphatic rings. The topological polar surface area (TPSA) is 70.0 Å². The maximum atomic E-state index is 13.7. The standard InChI is InChI=1S/C15H12F2N2O2S2/c1-9-6-11(22-8-18)7-10(2)14(9)19-23(20,21)15-12(16)4-3-5-13(15)17/h3-7,19H,1-2H3. The van der Waals surface area contributed by atoms with E-state index in [1.54, 1.807) is 26.0 Å². The molecule has 8 heteroatoms. The fourth-order valence-electron chi connectivity index (χ4n) is 2.12. The molecule has 0 aliphatic heterocycles. The zero-order chi connectivity index (χ0) is 17.2. The molecule has 0 fully saturated rings. The maximum absolute atomic E-state index is 13.7. The second kappa shape index (κ2) is 6.56. The van der Waals surface area contributed by atoms with Gasteiger partial charge in [-0.25, -0.2) is 17.2 Å². The first kappa shape index (κ1) is 17.2. The van der Waals surface area contributed by atoms with Crippen molar-refractivity contribution in [3.8, 4) is 5.40 Å². The summed E-state index contributed by atoms with van der Waals surface area (Å²) in [5.41, 5.74) is 1.32. The van der Waals surface area contributed by atoms with Crippen LogP contribution in [0.1, 0.15) is 11.1 Å². The van der Waals surface area contributed by atoms with E-state index in [9.17, 15) is 17.2 Å². The van der Waals surface area contributed by atoms with Gasteiger partial charge in [-0.05, 0) is 61.0 Å². The number of aryl methyl sites for hydroxylation is 2. The van der Waals surface area contributed by atoms with Crippen LogP contribution in [0.4, 0.5) is 14.5 Å². The van der Waals surface area contributed by atoms with Crippen molar-refractivity contribution in [2.45, 2.75) is 23.6 Å². The molecule has 0 saturated carbocycles. The maximum Gasteiger partial charge on any atom is 0.267 e. The Kier molecular flexibility index (Phi) is 4.92. The number of nitrogens with one attached hydrogen (secondary N) is 1. The molecule has 4 nitrogen and oxygen atoms in total. The van der Waals surface area contributed by atoms with Gasteiger partial charge < -0.3 is 0 Å². The lowest BCUT2D eigenvalue weighted by atomic mass is 10.1. The van der Waals surface area contributed by atoms with Crippen LogP contribution in [-0.2, 0) is 10.0 Å². The molecule has 0 amide bonds. The number of nitriles is 1. The number of sulfonamides is 1. The van der Waals surface area contributed by atoms with E-state index < -0.39 is 26.6 Å². The van der Waals surface area contributed by atoms with E-state index in [4.69, 9.17) is 5.26 Å². The average molecular weight is 354 g/mol. The Morgan fingerprint density at radius 3 is 2.13 bits per heavy atom. The molecule has 0 heterocycles. The van der Waals surface area contributed by atoms with Crippen molar-refractivity contribution in [3.63, 3.8) is 0 Å². The summed E-state index contributed by atoms with van der Waals surface area (Å²) in [5.74, 6) is -2.33. The third kappa shape index (κ3) is 3.63. The first-order valence-corrected chi connectivity index (χ1v) is 8.70. The number of anilines is 1. The first-order valence-electron chi connectivity index (χ1n) is 6.40. The summed E-state index contributed by atoms with van der Waals surface area (Å²) >= 11 is 0.940. The second-order valence-electron chi connectivity index (χ2n) is 4.78. The second-order valence-corrected chi connectivity index (χ2v) is 7.26. The monoisotopic (exact) mass is 354 g/mol. The van der Waals surface area contributed by atoms with Gasteiger partial charge in [-0.15, -0.1) is 0 Å². The predicted octanol–water partition coefficient (Wildman–Crippen LogP) is 3.96. The van der Waals surface area contributed by atoms with Crippen LogP contribution in [0.15, 0.2) is 40.1 Å². The van der Waals surface area contributed by atoms with Crippen molar-refractivity contribution in [1.29, 1.82) is 5.26 Å². The van der Waals surface area contributed by atoms with E-state index in [-0.39, 0.29) is 5.69 Å². The van der Waals surface area contributed by atoms with Gasteiger partial charge in [-0.3, -0.25) is 4.72 Å². The number of thioether (sulfide) groups is 1. The molecule has 0 radical (unpaired) electrons. The van der Waals surface area contributed by atoms with Crippen molar-refractivity contribution in [1.82, 2.24) is 0 Å². The van der Waals surface area contributed by atoms with Crippen LogP contribution in [0.5, 0.6) is 0 Å². The van der Waals surface area contributed by atoms with E-state index >= 15 is 0 Å². The lowest BCUT2D eigenvalue weighted by Crippen LogP contribution is -2.17. The van der Waals surface area contributed by atoms with Crippen LogP contribution in [0.2, 0.25) is 0 Å². The molecule has 0 aliphatic carbocycles. The number of benzene rings is 2. The van der Waals surface area contributed by atoms with Crippen molar-refractivity contribution >= 4 is 27.5 Å². The molecule has 23 heavy (non-hydrogen) atoms. The van der Waals surface area contributed by atoms with E-state index in [1.807, 2.05) is 5.40 Å². The van der Waals surface area contributed by atoms with E-state index in [0.29, 0.717) is 16.0 Å². The summed E-state index contributed by atoms with van der Waals surface area (Å²) in [6.45, 7) is 3.29. The molecule has 2 aromatic rings. The van der Waals surface area contributed by atoms with Crippen LogP contribution in [-0.4, -0.2) is 8.42 Å². The lowest BCUT2D eigenvalue weighted by Gasteiger charge is -2.15. The summed E-state index contributed by atoms with van der Waals surface area (Å²) in [6, 6.07) is 6.09. The van der Waals surface area contributed by atoms with Crippen molar-refractivity contribution in [2.75, 3.05) is 4.72 Å². The van der Waals surface area contributed by atoms with Gasteiger partial charge in [-0.2, -0.15) is 5.26 Å². The molecule has 0 saturated heterocycles. The average Bonchev–Trinajstić information content (AvgIpc) is 2.43. The fraction of sp³-hybridized carbons (Fsp3) is 0.133. The minimum atomic E-state index is -4.42. The van der Waals surface area contributed by atoms with Gasteiger partial charge in [-0.1, -0.05) is 6.07 Å². The van der Waals surface area contributed by atoms with Gasteiger partial charge in [0, 0.05) is 4.90 Å². The minimum absolute atomic E-state index is 0.231. The van der Waals surface area contributed by atoms with Gasteiger partial charge in [0.15, 0.2) is 4.90 Å². The van der Waals surface area contributed by atoms with E-state index in [1.165, 1.54) is 0 Å². The molecule has 0 aromatic heterocycles. The normalized spacial score (nSPS) is 11.1. The highest BCUT2D eigenvalue weighted by atomic mass is 32.2. The Morgan fingerprint density at radius 1 is 1.13 bits per heavy atom. The Morgan fingerprint density at radius 2 is 1.65 bits per heavy atom. The van der Waals surface area contributed by atoms with Crippen LogP contribution in [0.25, 0.3) is 0 Å². The smallest absolute Gasteiger partial charge is 0.267 e. The third-order valence-corrected chi connectivity index (χ3v) is 5.06. The fourth-order valence-corrected chi connectivity index (χ4v) is 4.04. The van der Waals surface area contributed by atoms with Crippen molar-refractivity contribution < 1.29 is 17.2 Å². The number of thiocyanates is 1. The SMILES string of the molecule is Cc1cc(SC#N)cc(C)c1NS(=O)(=O)c1c(F)cccc1F. The number of hydrogen-bond acceptors (Lipinski definition) is 4. The van der Waals surface area contributed by atoms with Gasteiger partial charge in [0.25, 0.3) is 10.0 Å². The molecule has 120 valence electrons. The highest BCUT2D eigenvalue weighted by Gasteiger charge is 2.25. The Labute approximate surface area is 137 Å². The van der Waals surface area contributed by atoms with Crippen LogP contribution < -0.4 is 4.72 Å². The molecule has 2 aromatic carbocycles. The Hall–Kier alpha value is -2.11. The minimum Gasteiger partial charge on any atom is -0.279 e. The first-order chi connectivity index (χ1) is 10.8. The summed E-state index contributed by atoms with van der Waals surface area (Å²) in [7, 11) is -4.42. The largest absolute Gasteiger partial charge is 0.279 e. The molecule has 1 N–H and O–H groups in total. The van der Waals surface area contributed by atoms with Gasteiger partial charge in [0.1, 0.15) is 17.0 Å². The van der Waals surface area contributed by atoms with Crippen LogP contribution in [0.3, 0.4) is 0 Å². The van der Waals surface area contributed by atoms with Gasteiger partial charge >= 0.3 is 0 Å². The molecule has 0 atom stereocenters. The van der Waals surface area contributed by atoms with Crippen LogP contribution in [0, 0.1) is 36.1 Å². The molecule has 0 bridgehead atoms. The molecule has 2 rings (SSSR count). The number of hydrogen-bond donors (Lipinski definition) is 1.